The third-order valence-corrected chi connectivity index (χ3v) is 1.76. The van der Waals surface area contributed by atoms with Gasteiger partial charge in [0.1, 0.15) is 0 Å². The van der Waals surface area contributed by atoms with Crippen LogP contribution in [0.3, 0.4) is 0 Å². The van der Waals surface area contributed by atoms with Crippen LogP contribution in [0.1, 0.15) is 6.42 Å². The summed E-state index contributed by atoms with van der Waals surface area (Å²) in [5, 5.41) is 0. The first-order chi connectivity index (χ1) is 4.83. The molecule has 0 spiro atoms. The highest BCUT2D eigenvalue weighted by Crippen LogP contribution is 2.07. The Hall–Kier alpha value is -0.120. The Morgan fingerprint density at radius 3 is 3.10 bits per heavy atom. The quantitative estimate of drug-likeness (QED) is 0.659. The minimum Gasteiger partial charge on any atom is -0.324 e. The molecular weight excluding hydrogens is 192 g/mol. The molecular formula is C7H11BrN2. The smallest absolute Gasteiger partial charge is 0.0309 e. The normalized spacial score (nSPS) is 24.6. The minimum atomic E-state index is 0.221. The van der Waals surface area contributed by atoms with E-state index in [4.69, 9.17) is 5.73 Å². The molecule has 56 valence electrons. The molecule has 0 aromatic carbocycles. The van der Waals surface area contributed by atoms with E-state index in [1.807, 2.05) is 6.08 Å². The van der Waals surface area contributed by atoms with Crippen LogP contribution in [-0.2, 0) is 0 Å². The van der Waals surface area contributed by atoms with E-state index >= 15 is 0 Å². The first kappa shape index (κ1) is 7.98. The van der Waals surface area contributed by atoms with E-state index in [0.29, 0.717) is 0 Å². The van der Waals surface area contributed by atoms with Crippen molar-refractivity contribution >= 4 is 16.1 Å². The molecule has 1 aliphatic rings. The van der Waals surface area contributed by atoms with Gasteiger partial charge in [-0.25, -0.2) is 0 Å². The molecule has 2 nitrogen and oxygen atoms in total. The highest BCUT2D eigenvalue weighted by molar-refractivity contribution is 9.08. The van der Waals surface area contributed by atoms with Crippen LogP contribution in [0.15, 0.2) is 23.8 Å². The highest BCUT2D eigenvalue weighted by atomic mass is 79.9. The van der Waals surface area contributed by atoms with E-state index in [-0.39, 0.29) is 6.04 Å². The van der Waals surface area contributed by atoms with Gasteiger partial charge in [-0.2, -0.15) is 0 Å². The molecule has 0 saturated heterocycles. The summed E-state index contributed by atoms with van der Waals surface area (Å²) < 4.78 is 2.90. The number of hydrogen-bond acceptors (Lipinski definition) is 2. The Labute approximate surface area is 69.5 Å². The van der Waals surface area contributed by atoms with Gasteiger partial charge < -0.3 is 5.73 Å². The van der Waals surface area contributed by atoms with Gasteiger partial charge in [-0.05, 0) is 12.0 Å². The van der Waals surface area contributed by atoms with Crippen LogP contribution in [0.4, 0.5) is 0 Å². The van der Waals surface area contributed by atoms with E-state index in [1.54, 1.807) is 0 Å². The maximum atomic E-state index is 5.63. The van der Waals surface area contributed by atoms with Gasteiger partial charge in [0.15, 0.2) is 0 Å². The van der Waals surface area contributed by atoms with Crippen molar-refractivity contribution in [1.29, 1.82) is 0 Å². The number of rotatable bonds is 2. The fraction of sp³-hybridized carbons (Fsp3) is 0.429. The Morgan fingerprint density at radius 2 is 2.60 bits per heavy atom. The lowest BCUT2D eigenvalue weighted by Crippen LogP contribution is -2.18. The standard InChI is InChI=1S/C7H11BrN2/c8-10-5-6-1-3-7(9)4-2-6/h1-3,7,10H,4-5,9H2. The minimum absolute atomic E-state index is 0.221. The maximum Gasteiger partial charge on any atom is 0.0309 e. The predicted octanol–water partition coefficient (Wildman–Crippen LogP) is 1.10. The summed E-state index contributed by atoms with van der Waals surface area (Å²) in [5.74, 6) is 0. The van der Waals surface area contributed by atoms with Gasteiger partial charge >= 0.3 is 0 Å². The highest BCUT2D eigenvalue weighted by Gasteiger charge is 2.01. The largest absolute Gasteiger partial charge is 0.324 e. The first-order valence-electron chi connectivity index (χ1n) is 3.29. The Morgan fingerprint density at radius 1 is 1.80 bits per heavy atom. The van der Waals surface area contributed by atoms with E-state index in [9.17, 15) is 0 Å². The fourth-order valence-corrected chi connectivity index (χ4v) is 1.21. The summed E-state index contributed by atoms with van der Waals surface area (Å²) in [6.07, 6.45) is 7.20. The van der Waals surface area contributed by atoms with Gasteiger partial charge in [0.25, 0.3) is 0 Å². The van der Waals surface area contributed by atoms with Crippen molar-refractivity contribution in [2.75, 3.05) is 6.54 Å². The van der Waals surface area contributed by atoms with Gasteiger partial charge in [0.05, 0.1) is 0 Å². The van der Waals surface area contributed by atoms with Gasteiger partial charge in [0, 0.05) is 28.7 Å². The average Bonchev–Trinajstić information content (AvgIpc) is 1.95. The lowest BCUT2D eigenvalue weighted by molar-refractivity contribution is 0.812. The van der Waals surface area contributed by atoms with Crippen LogP contribution in [0, 0.1) is 0 Å². The van der Waals surface area contributed by atoms with Crippen molar-refractivity contribution in [2.24, 2.45) is 5.73 Å². The molecule has 3 heteroatoms. The van der Waals surface area contributed by atoms with Crippen molar-refractivity contribution < 1.29 is 0 Å². The second-order valence-electron chi connectivity index (χ2n) is 2.35. The monoisotopic (exact) mass is 202 g/mol. The molecule has 0 heterocycles. The summed E-state index contributed by atoms with van der Waals surface area (Å²) in [7, 11) is 0. The molecule has 1 unspecified atom stereocenters. The first-order valence-corrected chi connectivity index (χ1v) is 4.08. The predicted molar refractivity (Wildman–Crippen MR) is 46.7 cm³/mol. The van der Waals surface area contributed by atoms with Crippen LogP contribution in [-0.4, -0.2) is 12.6 Å². The molecule has 0 aliphatic heterocycles. The number of nitrogens with one attached hydrogen (secondary N) is 1. The third-order valence-electron chi connectivity index (χ3n) is 1.48. The van der Waals surface area contributed by atoms with Crippen LogP contribution >= 0.6 is 16.1 Å². The zero-order valence-electron chi connectivity index (χ0n) is 5.68. The molecule has 0 radical (unpaired) electrons. The van der Waals surface area contributed by atoms with Crippen LogP contribution < -0.4 is 10.1 Å². The number of nitrogens with two attached hydrogens (primary N) is 1. The molecule has 1 aliphatic carbocycles. The van der Waals surface area contributed by atoms with Crippen molar-refractivity contribution in [3.05, 3.63) is 23.8 Å². The molecule has 0 bridgehead atoms. The molecule has 1 rings (SSSR count). The molecule has 0 fully saturated rings. The molecule has 10 heavy (non-hydrogen) atoms. The van der Waals surface area contributed by atoms with Gasteiger partial charge in [-0.1, -0.05) is 18.2 Å². The van der Waals surface area contributed by atoms with Crippen LogP contribution in [0.2, 0.25) is 0 Å². The Balaban J connectivity index is 2.42. The van der Waals surface area contributed by atoms with Crippen LogP contribution in [0.5, 0.6) is 0 Å². The molecule has 3 N–H and O–H groups in total. The van der Waals surface area contributed by atoms with Crippen molar-refractivity contribution in [1.82, 2.24) is 4.34 Å². The van der Waals surface area contributed by atoms with E-state index in [0.717, 1.165) is 13.0 Å². The fourth-order valence-electron chi connectivity index (χ4n) is 0.890. The van der Waals surface area contributed by atoms with Crippen LogP contribution in [0.25, 0.3) is 0 Å². The summed E-state index contributed by atoms with van der Waals surface area (Å²) in [4.78, 5) is 0. The number of hydrogen-bond donors (Lipinski definition) is 2. The third kappa shape index (κ3) is 2.25. The van der Waals surface area contributed by atoms with E-state index in [1.165, 1.54) is 5.57 Å². The lowest BCUT2D eigenvalue weighted by Gasteiger charge is -2.10. The SMILES string of the molecule is NC1C=CC(CNBr)=CC1. The van der Waals surface area contributed by atoms with E-state index < -0.39 is 0 Å². The number of halogens is 1. The van der Waals surface area contributed by atoms with Gasteiger partial charge in [-0.15, -0.1) is 0 Å². The van der Waals surface area contributed by atoms with Gasteiger partial charge in [0.2, 0.25) is 0 Å². The maximum absolute atomic E-state index is 5.63. The summed E-state index contributed by atoms with van der Waals surface area (Å²) in [6.45, 7) is 0.864. The van der Waals surface area contributed by atoms with E-state index in [2.05, 4.69) is 32.6 Å². The Bertz CT molecular complexity index is 163. The molecule has 0 saturated carbocycles. The van der Waals surface area contributed by atoms with Crippen molar-refractivity contribution in [3.8, 4) is 0 Å². The second kappa shape index (κ2) is 3.91. The van der Waals surface area contributed by atoms with Crippen molar-refractivity contribution in [3.63, 3.8) is 0 Å². The average molecular weight is 203 g/mol. The Kier molecular flexibility index (Phi) is 3.12. The van der Waals surface area contributed by atoms with Gasteiger partial charge in [-0.3, -0.25) is 4.34 Å². The zero-order valence-corrected chi connectivity index (χ0v) is 7.26. The molecule has 0 amide bonds. The molecule has 0 aromatic rings. The molecule has 1 atom stereocenters. The summed E-state index contributed by atoms with van der Waals surface area (Å²) in [5.41, 5.74) is 6.92. The van der Waals surface area contributed by atoms with Crippen molar-refractivity contribution in [2.45, 2.75) is 12.5 Å². The summed E-state index contributed by atoms with van der Waals surface area (Å²) >= 11 is 3.14. The molecule has 0 aromatic heterocycles. The zero-order chi connectivity index (χ0) is 7.40. The lowest BCUT2D eigenvalue weighted by atomic mass is 10.0. The second-order valence-corrected chi connectivity index (χ2v) is 2.91. The summed E-state index contributed by atoms with van der Waals surface area (Å²) in [6, 6.07) is 0.221. The topological polar surface area (TPSA) is 38.0 Å².